The first-order chi connectivity index (χ1) is 37.8. The maximum atomic E-state index is 12.9. The van der Waals surface area contributed by atoms with Crippen LogP contribution in [0.25, 0.3) is 0 Å². The molecule has 458 valence electrons. The van der Waals surface area contributed by atoms with Gasteiger partial charge in [0.15, 0.2) is 6.10 Å². The summed E-state index contributed by atoms with van der Waals surface area (Å²) in [6.45, 7) is 11.5. The lowest BCUT2D eigenvalue weighted by Gasteiger charge is -2.18. The molecule has 0 aliphatic heterocycles. The summed E-state index contributed by atoms with van der Waals surface area (Å²) in [6.07, 6.45) is 72.6. The quantitative estimate of drug-likeness (QED) is 0.0343. The third-order valence-corrected chi connectivity index (χ3v) is 16.8. The van der Waals surface area contributed by atoms with Crippen molar-refractivity contribution in [3.63, 3.8) is 0 Å². The Labute approximate surface area is 482 Å². The third-order valence-electron chi connectivity index (χ3n) is 16.8. The molecule has 0 radical (unpaired) electrons. The van der Waals surface area contributed by atoms with E-state index in [-0.39, 0.29) is 31.1 Å². The second-order valence-corrected chi connectivity index (χ2v) is 25.2. The van der Waals surface area contributed by atoms with Crippen LogP contribution in [0.3, 0.4) is 0 Å². The Balaban J connectivity index is 4.25. The Morgan fingerprint density at radius 3 is 0.740 bits per heavy atom. The van der Waals surface area contributed by atoms with Crippen LogP contribution in [0.1, 0.15) is 407 Å². The molecule has 1 unspecified atom stereocenters. The lowest BCUT2D eigenvalue weighted by atomic mass is 9.99. The standard InChI is InChI=1S/C71H138O6/c1-6-8-9-10-11-12-13-14-15-26-33-38-43-48-53-58-63-71(74)77-68(64-75-69(72)61-56-51-46-41-36-31-27-22-18-16-20-24-29-34-39-44-49-54-59-66(3)4)65-76-70(73)62-57-52-47-42-37-32-28-23-19-17-21-25-30-35-40-45-50-55-60-67(5)7-2/h66-68H,6-65H2,1-5H3/t67?,68-/m0/s1. The van der Waals surface area contributed by atoms with Crippen LogP contribution in [0.5, 0.6) is 0 Å². The van der Waals surface area contributed by atoms with E-state index in [1.807, 2.05) is 0 Å². The second kappa shape index (κ2) is 63.6. The molecule has 0 saturated heterocycles. The summed E-state index contributed by atoms with van der Waals surface area (Å²) in [6, 6.07) is 0. The second-order valence-electron chi connectivity index (χ2n) is 25.2. The van der Waals surface area contributed by atoms with Crippen molar-refractivity contribution in [3.05, 3.63) is 0 Å². The van der Waals surface area contributed by atoms with Gasteiger partial charge in [-0.3, -0.25) is 14.4 Å². The lowest BCUT2D eigenvalue weighted by Crippen LogP contribution is -2.30. The molecule has 0 saturated carbocycles. The molecule has 0 fully saturated rings. The summed E-state index contributed by atoms with van der Waals surface area (Å²) >= 11 is 0. The first kappa shape index (κ1) is 75.4. The molecule has 0 aromatic rings. The van der Waals surface area contributed by atoms with Crippen LogP contribution >= 0.6 is 0 Å². The first-order valence-electron chi connectivity index (χ1n) is 35.3. The van der Waals surface area contributed by atoms with Crippen LogP contribution in [-0.4, -0.2) is 37.2 Å². The molecule has 0 aromatic carbocycles. The minimum atomic E-state index is -0.764. The molecule has 0 N–H and O–H groups in total. The van der Waals surface area contributed by atoms with Gasteiger partial charge in [-0.1, -0.05) is 369 Å². The highest BCUT2D eigenvalue weighted by Crippen LogP contribution is 2.20. The smallest absolute Gasteiger partial charge is 0.306 e. The van der Waals surface area contributed by atoms with Gasteiger partial charge in [0.05, 0.1) is 0 Å². The van der Waals surface area contributed by atoms with Crippen molar-refractivity contribution in [3.8, 4) is 0 Å². The molecular weight excluding hydrogens is 949 g/mol. The van der Waals surface area contributed by atoms with Crippen molar-refractivity contribution in [2.75, 3.05) is 13.2 Å². The molecule has 6 nitrogen and oxygen atoms in total. The highest BCUT2D eigenvalue weighted by molar-refractivity contribution is 5.71. The van der Waals surface area contributed by atoms with Crippen LogP contribution in [-0.2, 0) is 28.6 Å². The average Bonchev–Trinajstić information content (AvgIpc) is 3.42. The molecule has 0 rings (SSSR count). The minimum Gasteiger partial charge on any atom is -0.462 e. The molecule has 2 atom stereocenters. The monoisotopic (exact) mass is 1090 g/mol. The zero-order valence-electron chi connectivity index (χ0n) is 53.1. The number of carbonyl (C=O) groups excluding carboxylic acids is 3. The van der Waals surface area contributed by atoms with E-state index in [9.17, 15) is 14.4 Å². The van der Waals surface area contributed by atoms with E-state index >= 15 is 0 Å². The van der Waals surface area contributed by atoms with Gasteiger partial charge in [0.2, 0.25) is 0 Å². The predicted octanol–water partition coefficient (Wildman–Crippen LogP) is 23.9. The molecule has 0 aliphatic carbocycles. The van der Waals surface area contributed by atoms with Crippen LogP contribution < -0.4 is 0 Å². The normalized spacial score (nSPS) is 12.4. The molecule has 0 bridgehead atoms. The van der Waals surface area contributed by atoms with Gasteiger partial charge in [-0.15, -0.1) is 0 Å². The Hall–Kier alpha value is -1.59. The summed E-state index contributed by atoms with van der Waals surface area (Å²) in [5.41, 5.74) is 0. The molecular formula is C71H138O6. The number of carbonyl (C=O) groups is 3. The van der Waals surface area contributed by atoms with Crippen LogP contribution in [0.4, 0.5) is 0 Å². The molecule has 0 amide bonds. The highest BCUT2D eigenvalue weighted by atomic mass is 16.6. The molecule has 0 aliphatic rings. The number of hydrogen-bond donors (Lipinski definition) is 0. The third kappa shape index (κ3) is 63.5. The van der Waals surface area contributed by atoms with Gasteiger partial charge in [-0.25, -0.2) is 0 Å². The van der Waals surface area contributed by atoms with E-state index in [4.69, 9.17) is 14.2 Å². The van der Waals surface area contributed by atoms with Crippen molar-refractivity contribution < 1.29 is 28.6 Å². The summed E-state index contributed by atoms with van der Waals surface area (Å²) in [5, 5.41) is 0. The van der Waals surface area contributed by atoms with Gasteiger partial charge >= 0.3 is 17.9 Å². The minimum absolute atomic E-state index is 0.0611. The first-order valence-corrected chi connectivity index (χ1v) is 35.3. The van der Waals surface area contributed by atoms with Crippen molar-refractivity contribution in [2.24, 2.45) is 11.8 Å². The van der Waals surface area contributed by atoms with Crippen LogP contribution in [0.15, 0.2) is 0 Å². The van der Waals surface area contributed by atoms with Crippen LogP contribution in [0, 0.1) is 11.8 Å². The molecule has 0 aromatic heterocycles. The Morgan fingerprint density at radius 2 is 0.494 bits per heavy atom. The number of ether oxygens (including phenoxy) is 3. The summed E-state index contributed by atoms with van der Waals surface area (Å²) in [4.78, 5) is 38.5. The van der Waals surface area contributed by atoms with Crippen LogP contribution in [0.2, 0.25) is 0 Å². The van der Waals surface area contributed by atoms with Crippen molar-refractivity contribution >= 4 is 17.9 Å². The van der Waals surface area contributed by atoms with Gasteiger partial charge in [-0.2, -0.15) is 0 Å². The number of unbranched alkanes of at least 4 members (excludes halogenated alkanes) is 49. The molecule has 6 heteroatoms. The number of hydrogen-bond acceptors (Lipinski definition) is 6. The average molecular weight is 1090 g/mol. The Morgan fingerprint density at radius 1 is 0.273 bits per heavy atom. The maximum Gasteiger partial charge on any atom is 0.306 e. The zero-order valence-corrected chi connectivity index (χ0v) is 53.1. The summed E-state index contributed by atoms with van der Waals surface area (Å²) < 4.78 is 17.0. The zero-order chi connectivity index (χ0) is 56.0. The van der Waals surface area contributed by atoms with Gasteiger partial charge in [0, 0.05) is 19.3 Å². The van der Waals surface area contributed by atoms with E-state index in [2.05, 4.69) is 34.6 Å². The fourth-order valence-corrected chi connectivity index (χ4v) is 11.1. The van der Waals surface area contributed by atoms with E-state index < -0.39 is 6.10 Å². The lowest BCUT2D eigenvalue weighted by molar-refractivity contribution is -0.167. The van der Waals surface area contributed by atoms with E-state index in [1.165, 1.54) is 295 Å². The molecule has 0 heterocycles. The topological polar surface area (TPSA) is 78.9 Å². The molecule has 0 spiro atoms. The van der Waals surface area contributed by atoms with Gasteiger partial charge < -0.3 is 14.2 Å². The maximum absolute atomic E-state index is 12.9. The summed E-state index contributed by atoms with van der Waals surface area (Å²) in [7, 11) is 0. The van der Waals surface area contributed by atoms with Crippen molar-refractivity contribution in [2.45, 2.75) is 413 Å². The Bertz CT molecular complexity index is 1180. The fourth-order valence-electron chi connectivity index (χ4n) is 11.1. The number of rotatable bonds is 65. The highest BCUT2D eigenvalue weighted by Gasteiger charge is 2.20. The fraction of sp³-hybridized carbons (Fsp3) is 0.958. The van der Waals surface area contributed by atoms with Gasteiger partial charge in [0.25, 0.3) is 0 Å². The van der Waals surface area contributed by atoms with Gasteiger partial charge in [0.1, 0.15) is 13.2 Å². The summed E-state index contributed by atoms with van der Waals surface area (Å²) in [5.74, 6) is 0.946. The van der Waals surface area contributed by atoms with Crippen molar-refractivity contribution in [1.29, 1.82) is 0 Å². The van der Waals surface area contributed by atoms with Crippen molar-refractivity contribution in [1.82, 2.24) is 0 Å². The van der Waals surface area contributed by atoms with E-state index in [1.54, 1.807) is 0 Å². The van der Waals surface area contributed by atoms with E-state index in [0.717, 1.165) is 69.6 Å². The van der Waals surface area contributed by atoms with Gasteiger partial charge in [-0.05, 0) is 31.1 Å². The SMILES string of the molecule is CCCCCCCCCCCCCCCCCCC(=O)O[C@@H](COC(=O)CCCCCCCCCCCCCCCCCCCCC(C)C)COC(=O)CCCCCCCCCCCCCCCCCCCCC(C)CC. The molecule has 77 heavy (non-hydrogen) atoms. The Kier molecular flexibility index (Phi) is 62.3. The predicted molar refractivity (Wildman–Crippen MR) is 335 cm³/mol. The largest absolute Gasteiger partial charge is 0.462 e. The van der Waals surface area contributed by atoms with E-state index in [0.29, 0.717) is 19.3 Å². The number of esters is 3.